The third kappa shape index (κ3) is 6.44. The predicted octanol–water partition coefficient (Wildman–Crippen LogP) is 4.73. The van der Waals surface area contributed by atoms with Crippen molar-refractivity contribution in [2.24, 2.45) is 5.41 Å². The molecular formula is C16H27BrN2. The van der Waals surface area contributed by atoms with Gasteiger partial charge in [0, 0.05) is 23.2 Å². The topological polar surface area (TPSA) is 38.0 Å². The average Bonchev–Trinajstić information content (AvgIpc) is 2.34. The molecule has 0 fully saturated rings. The number of hydrogen-bond acceptors (Lipinski definition) is 2. The fourth-order valence-corrected chi connectivity index (χ4v) is 2.44. The summed E-state index contributed by atoms with van der Waals surface area (Å²) in [6, 6.07) is 6.15. The number of unbranched alkanes of at least 4 members (excludes halogenated alkanes) is 2. The van der Waals surface area contributed by atoms with Gasteiger partial charge in [-0.25, -0.2) is 0 Å². The molecule has 3 heteroatoms. The fourth-order valence-electron chi connectivity index (χ4n) is 2.19. The Bertz CT molecular complexity index is 388. The number of hydrogen-bond donors (Lipinski definition) is 2. The quantitative estimate of drug-likeness (QED) is 0.535. The first-order chi connectivity index (χ1) is 8.94. The Morgan fingerprint density at radius 2 is 2.00 bits per heavy atom. The number of benzene rings is 1. The maximum absolute atomic E-state index is 5.88. The third-order valence-electron chi connectivity index (χ3n) is 3.45. The van der Waals surface area contributed by atoms with Gasteiger partial charge in [-0.2, -0.15) is 0 Å². The molecule has 0 amide bonds. The molecule has 2 nitrogen and oxygen atoms in total. The summed E-state index contributed by atoms with van der Waals surface area (Å²) < 4.78 is 0.969. The Balaban J connectivity index is 2.34. The Hall–Kier alpha value is -0.540. The lowest BCUT2D eigenvalue weighted by Gasteiger charge is -2.25. The normalized spacial score (nSPS) is 11.8. The lowest BCUT2D eigenvalue weighted by atomic mass is 9.87. The first kappa shape index (κ1) is 16.5. The van der Waals surface area contributed by atoms with Crippen LogP contribution >= 0.6 is 15.9 Å². The Kier molecular flexibility index (Phi) is 6.87. The van der Waals surface area contributed by atoms with Crippen LogP contribution < -0.4 is 11.1 Å². The van der Waals surface area contributed by atoms with Crippen molar-refractivity contribution in [2.75, 3.05) is 12.3 Å². The lowest BCUT2D eigenvalue weighted by Crippen LogP contribution is -2.29. The summed E-state index contributed by atoms with van der Waals surface area (Å²) in [6.07, 6.45) is 5.25. The molecule has 1 rings (SSSR count). The van der Waals surface area contributed by atoms with Gasteiger partial charge in [0.2, 0.25) is 0 Å². The van der Waals surface area contributed by atoms with Crippen molar-refractivity contribution in [3.8, 4) is 0 Å². The van der Waals surface area contributed by atoms with Crippen LogP contribution in [-0.4, -0.2) is 6.54 Å². The molecule has 0 radical (unpaired) electrons. The number of nitrogens with two attached hydrogens (primary N) is 1. The highest BCUT2D eigenvalue weighted by molar-refractivity contribution is 9.10. The Labute approximate surface area is 126 Å². The number of anilines is 1. The zero-order chi connectivity index (χ0) is 14.3. The van der Waals surface area contributed by atoms with Crippen molar-refractivity contribution >= 4 is 21.6 Å². The summed E-state index contributed by atoms with van der Waals surface area (Å²) >= 11 is 3.42. The second kappa shape index (κ2) is 7.91. The molecule has 108 valence electrons. The van der Waals surface area contributed by atoms with Crippen LogP contribution in [0.4, 0.5) is 5.69 Å². The molecule has 0 heterocycles. The summed E-state index contributed by atoms with van der Waals surface area (Å²) in [6.45, 7) is 8.86. The van der Waals surface area contributed by atoms with Gasteiger partial charge >= 0.3 is 0 Å². The van der Waals surface area contributed by atoms with Gasteiger partial charge in [-0.3, -0.25) is 0 Å². The highest BCUT2D eigenvalue weighted by Gasteiger charge is 2.16. The van der Waals surface area contributed by atoms with Gasteiger partial charge in [0.25, 0.3) is 0 Å². The zero-order valence-electron chi connectivity index (χ0n) is 12.4. The van der Waals surface area contributed by atoms with E-state index in [1.165, 1.54) is 31.2 Å². The largest absolute Gasteiger partial charge is 0.398 e. The highest BCUT2D eigenvalue weighted by Crippen LogP contribution is 2.23. The summed E-state index contributed by atoms with van der Waals surface area (Å²) in [7, 11) is 0. The van der Waals surface area contributed by atoms with E-state index in [2.05, 4.69) is 48.1 Å². The average molecular weight is 327 g/mol. The van der Waals surface area contributed by atoms with E-state index in [4.69, 9.17) is 5.73 Å². The predicted molar refractivity (Wildman–Crippen MR) is 88.2 cm³/mol. The second-order valence-corrected chi connectivity index (χ2v) is 6.94. The van der Waals surface area contributed by atoms with Gasteiger partial charge in [-0.15, -0.1) is 0 Å². The minimum absolute atomic E-state index is 0.371. The van der Waals surface area contributed by atoms with E-state index in [0.29, 0.717) is 5.41 Å². The first-order valence-electron chi connectivity index (χ1n) is 7.19. The number of rotatable bonds is 8. The van der Waals surface area contributed by atoms with Gasteiger partial charge in [0.05, 0.1) is 0 Å². The van der Waals surface area contributed by atoms with Crippen LogP contribution in [0.3, 0.4) is 0 Å². The number of nitrogen functional groups attached to an aromatic ring is 1. The SMILES string of the molecule is CCCCCC(C)(C)CNCc1ccc(Br)c(N)c1. The summed E-state index contributed by atoms with van der Waals surface area (Å²) in [4.78, 5) is 0. The Morgan fingerprint density at radius 3 is 2.63 bits per heavy atom. The second-order valence-electron chi connectivity index (χ2n) is 6.08. The molecule has 0 aliphatic carbocycles. The van der Waals surface area contributed by atoms with E-state index >= 15 is 0 Å². The minimum atomic E-state index is 0.371. The van der Waals surface area contributed by atoms with Crippen LogP contribution in [0.5, 0.6) is 0 Å². The lowest BCUT2D eigenvalue weighted by molar-refractivity contribution is 0.302. The maximum atomic E-state index is 5.88. The molecule has 0 bridgehead atoms. The highest BCUT2D eigenvalue weighted by atomic mass is 79.9. The van der Waals surface area contributed by atoms with Crippen molar-refractivity contribution in [1.29, 1.82) is 0 Å². The molecule has 3 N–H and O–H groups in total. The van der Waals surface area contributed by atoms with Crippen LogP contribution in [0.25, 0.3) is 0 Å². The fraction of sp³-hybridized carbons (Fsp3) is 0.625. The molecule has 1 aromatic rings. The molecule has 19 heavy (non-hydrogen) atoms. The van der Waals surface area contributed by atoms with Gasteiger partial charge < -0.3 is 11.1 Å². The molecule has 0 spiro atoms. The van der Waals surface area contributed by atoms with Gasteiger partial charge in [-0.1, -0.05) is 46.1 Å². The van der Waals surface area contributed by atoms with Crippen molar-refractivity contribution in [1.82, 2.24) is 5.32 Å². The number of halogens is 1. The Morgan fingerprint density at radius 1 is 1.26 bits per heavy atom. The van der Waals surface area contributed by atoms with Gasteiger partial charge in [-0.05, 0) is 45.5 Å². The van der Waals surface area contributed by atoms with E-state index in [1.807, 2.05) is 12.1 Å². The van der Waals surface area contributed by atoms with Gasteiger partial charge in [0.15, 0.2) is 0 Å². The molecular weight excluding hydrogens is 300 g/mol. The first-order valence-corrected chi connectivity index (χ1v) is 7.98. The molecule has 0 aliphatic rings. The molecule has 0 saturated heterocycles. The van der Waals surface area contributed by atoms with E-state index in [1.54, 1.807) is 0 Å². The summed E-state index contributed by atoms with van der Waals surface area (Å²) in [5.41, 5.74) is 8.30. The molecule has 0 saturated carbocycles. The van der Waals surface area contributed by atoms with Crippen molar-refractivity contribution in [2.45, 2.75) is 53.0 Å². The van der Waals surface area contributed by atoms with Crippen LogP contribution in [0.2, 0.25) is 0 Å². The molecule has 0 aliphatic heterocycles. The summed E-state index contributed by atoms with van der Waals surface area (Å²) in [5, 5.41) is 3.54. The molecule has 0 atom stereocenters. The van der Waals surface area contributed by atoms with Gasteiger partial charge in [0.1, 0.15) is 0 Å². The van der Waals surface area contributed by atoms with E-state index in [-0.39, 0.29) is 0 Å². The van der Waals surface area contributed by atoms with E-state index in [0.717, 1.165) is 23.2 Å². The smallest absolute Gasteiger partial charge is 0.0461 e. The minimum Gasteiger partial charge on any atom is -0.398 e. The van der Waals surface area contributed by atoms with Crippen LogP contribution in [-0.2, 0) is 6.54 Å². The standard InChI is InChI=1S/C16H27BrN2/c1-4-5-6-9-16(2,3)12-19-11-13-7-8-14(17)15(18)10-13/h7-8,10,19H,4-6,9,11-12,18H2,1-3H3. The summed E-state index contributed by atoms with van der Waals surface area (Å²) in [5.74, 6) is 0. The van der Waals surface area contributed by atoms with Crippen molar-refractivity contribution < 1.29 is 0 Å². The molecule has 1 aromatic carbocycles. The molecule has 0 aromatic heterocycles. The van der Waals surface area contributed by atoms with Crippen LogP contribution in [0.15, 0.2) is 22.7 Å². The third-order valence-corrected chi connectivity index (χ3v) is 4.17. The van der Waals surface area contributed by atoms with E-state index < -0.39 is 0 Å². The monoisotopic (exact) mass is 326 g/mol. The molecule has 0 unspecified atom stereocenters. The van der Waals surface area contributed by atoms with Crippen molar-refractivity contribution in [3.63, 3.8) is 0 Å². The van der Waals surface area contributed by atoms with Crippen LogP contribution in [0, 0.1) is 5.41 Å². The van der Waals surface area contributed by atoms with E-state index in [9.17, 15) is 0 Å². The zero-order valence-corrected chi connectivity index (χ0v) is 14.0. The van der Waals surface area contributed by atoms with Crippen molar-refractivity contribution in [3.05, 3.63) is 28.2 Å². The number of nitrogens with one attached hydrogen (secondary N) is 1. The van der Waals surface area contributed by atoms with Crippen LogP contribution in [0.1, 0.15) is 52.0 Å². The maximum Gasteiger partial charge on any atom is 0.0461 e.